The molecule has 2 unspecified atom stereocenters. The second-order valence-electron chi connectivity index (χ2n) is 5.79. The minimum atomic E-state index is -3.10. The van der Waals surface area contributed by atoms with Crippen LogP contribution in [0.25, 0.3) is 0 Å². The summed E-state index contributed by atoms with van der Waals surface area (Å²) in [7, 11) is -3.10. The maximum Gasteiger partial charge on any atom is 0.213 e. The highest BCUT2D eigenvalue weighted by Crippen LogP contribution is 2.44. The Labute approximate surface area is 98.2 Å². The zero-order valence-electron chi connectivity index (χ0n) is 10.1. The largest absolute Gasteiger partial charge is 0.313 e. The second kappa shape index (κ2) is 4.27. The van der Waals surface area contributed by atoms with E-state index in [4.69, 9.17) is 0 Å². The quantitative estimate of drug-likeness (QED) is 0.773. The van der Waals surface area contributed by atoms with Gasteiger partial charge in [0.15, 0.2) is 0 Å². The van der Waals surface area contributed by atoms with Crippen LogP contribution in [0.5, 0.6) is 0 Å². The SMILES string of the molecule is CC1(C)CC1NS(=O)(=O)CC1CCCCN1. The van der Waals surface area contributed by atoms with Gasteiger partial charge >= 0.3 is 0 Å². The van der Waals surface area contributed by atoms with Crippen LogP contribution in [0, 0.1) is 5.41 Å². The zero-order valence-corrected chi connectivity index (χ0v) is 10.9. The van der Waals surface area contributed by atoms with Crippen LogP contribution in [0.15, 0.2) is 0 Å². The molecule has 2 aliphatic rings. The van der Waals surface area contributed by atoms with Crippen LogP contribution < -0.4 is 10.0 Å². The maximum atomic E-state index is 11.9. The summed E-state index contributed by atoms with van der Waals surface area (Å²) in [5.41, 5.74) is 0.160. The Balaban J connectivity index is 1.83. The van der Waals surface area contributed by atoms with Crippen molar-refractivity contribution in [1.82, 2.24) is 10.0 Å². The Morgan fingerprint density at radius 1 is 1.38 bits per heavy atom. The number of hydrogen-bond donors (Lipinski definition) is 2. The van der Waals surface area contributed by atoms with E-state index < -0.39 is 10.0 Å². The first-order valence-corrected chi connectivity index (χ1v) is 7.78. The summed E-state index contributed by atoms with van der Waals surface area (Å²) in [6, 6.07) is 0.300. The molecule has 1 aliphatic carbocycles. The Morgan fingerprint density at radius 2 is 2.06 bits per heavy atom. The van der Waals surface area contributed by atoms with E-state index in [-0.39, 0.29) is 23.3 Å². The first kappa shape index (κ1) is 12.3. The van der Waals surface area contributed by atoms with Crippen molar-refractivity contribution in [2.24, 2.45) is 5.41 Å². The summed E-state index contributed by atoms with van der Waals surface area (Å²) in [5.74, 6) is 0.236. The Kier molecular flexibility index (Phi) is 3.29. The highest BCUT2D eigenvalue weighted by molar-refractivity contribution is 7.89. The average Bonchev–Trinajstić information content (AvgIpc) is 2.72. The number of sulfonamides is 1. The van der Waals surface area contributed by atoms with Gasteiger partial charge in [-0.05, 0) is 31.2 Å². The fourth-order valence-corrected chi connectivity index (χ4v) is 4.01. The molecule has 0 bridgehead atoms. The fourth-order valence-electron chi connectivity index (χ4n) is 2.26. The number of piperidine rings is 1. The molecule has 1 aliphatic heterocycles. The molecule has 0 spiro atoms. The van der Waals surface area contributed by atoms with Gasteiger partial charge in [0.1, 0.15) is 0 Å². The van der Waals surface area contributed by atoms with Crippen LogP contribution in [-0.2, 0) is 10.0 Å². The van der Waals surface area contributed by atoms with Crippen molar-refractivity contribution in [3.8, 4) is 0 Å². The standard InChI is InChI=1S/C11H22N2O2S/c1-11(2)7-10(11)13-16(14,15)8-9-5-3-4-6-12-9/h9-10,12-13H,3-8H2,1-2H3. The van der Waals surface area contributed by atoms with Gasteiger partial charge in [0, 0.05) is 12.1 Å². The summed E-state index contributed by atoms with van der Waals surface area (Å²) in [5, 5.41) is 3.27. The van der Waals surface area contributed by atoms with Crippen molar-refractivity contribution in [3.05, 3.63) is 0 Å². The fraction of sp³-hybridized carbons (Fsp3) is 1.00. The van der Waals surface area contributed by atoms with Gasteiger partial charge in [0.25, 0.3) is 0 Å². The topological polar surface area (TPSA) is 58.2 Å². The summed E-state index contributed by atoms with van der Waals surface area (Å²) in [6.45, 7) is 5.15. The van der Waals surface area contributed by atoms with Crippen molar-refractivity contribution in [3.63, 3.8) is 0 Å². The van der Waals surface area contributed by atoms with E-state index in [1.54, 1.807) is 0 Å². The molecule has 4 nitrogen and oxygen atoms in total. The minimum absolute atomic E-state index is 0.146. The number of rotatable bonds is 4. The van der Waals surface area contributed by atoms with Gasteiger partial charge in [-0.15, -0.1) is 0 Å². The molecule has 0 aromatic rings. The predicted octanol–water partition coefficient (Wildman–Crippen LogP) is 0.846. The normalized spacial score (nSPS) is 33.6. The number of hydrogen-bond acceptors (Lipinski definition) is 3. The van der Waals surface area contributed by atoms with E-state index in [1.165, 1.54) is 6.42 Å². The third kappa shape index (κ3) is 3.18. The smallest absolute Gasteiger partial charge is 0.213 e. The minimum Gasteiger partial charge on any atom is -0.313 e. The third-order valence-corrected chi connectivity index (χ3v) is 5.15. The summed E-state index contributed by atoms with van der Waals surface area (Å²) < 4.78 is 26.6. The van der Waals surface area contributed by atoms with E-state index in [0.717, 1.165) is 25.8 Å². The predicted molar refractivity (Wildman–Crippen MR) is 64.8 cm³/mol. The molecule has 94 valence electrons. The molecule has 2 fully saturated rings. The summed E-state index contributed by atoms with van der Waals surface area (Å²) in [4.78, 5) is 0. The molecule has 1 saturated heterocycles. The van der Waals surface area contributed by atoms with Gasteiger partial charge in [0.05, 0.1) is 5.75 Å². The molecule has 0 radical (unpaired) electrons. The van der Waals surface area contributed by atoms with Gasteiger partial charge in [-0.25, -0.2) is 13.1 Å². The lowest BCUT2D eigenvalue weighted by molar-refractivity contribution is 0.421. The molecule has 0 amide bonds. The van der Waals surface area contributed by atoms with Crippen LogP contribution in [0.2, 0.25) is 0 Å². The molecule has 0 aromatic carbocycles. The van der Waals surface area contributed by atoms with Crippen molar-refractivity contribution in [2.45, 2.75) is 51.6 Å². The first-order chi connectivity index (χ1) is 7.39. The Bertz CT molecular complexity index is 345. The summed E-state index contributed by atoms with van der Waals surface area (Å²) in [6.07, 6.45) is 4.25. The van der Waals surface area contributed by atoms with Crippen molar-refractivity contribution < 1.29 is 8.42 Å². The second-order valence-corrected chi connectivity index (χ2v) is 7.59. The molecular formula is C11H22N2O2S. The van der Waals surface area contributed by atoms with E-state index in [0.29, 0.717) is 0 Å². The molecule has 2 N–H and O–H groups in total. The van der Waals surface area contributed by atoms with E-state index in [1.807, 2.05) is 0 Å². The molecule has 1 heterocycles. The van der Waals surface area contributed by atoms with Gasteiger partial charge in [-0.2, -0.15) is 0 Å². The van der Waals surface area contributed by atoms with E-state index in [9.17, 15) is 8.42 Å². The molecule has 0 aromatic heterocycles. The Morgan fingerprint density at radius 3 is 2.56 bits per heavy atom. The van der Waals surface area contributed by atoms with Gasteiger partial charge in [-0.1, -0.05) is 20.3 Å². The van der Waals surface area contributed by atoms with E-state index in [2.05, 4.69) is 23.9 Å². The van der Waals surface area contributed by atoms with Crippen LogP contribution in [0.4, 0.5) is 0 Å². The van der Waals surface area contributed by atoms with Crippen LogP contribution >= 0.6 is 0 Å². The van der Waals surface area contributed by atoms with Crippen molar-refractivity contribution >= 4 is 10.0 Å². The van der Waals surface area contributed by atoms with Crippen LogP contribution in [0.3, 0.4) is 0 Å². The van der Waals surface area contributed by atoms with E-state index >= 15 is 0 Å². The maximum absolute atomic E-state index is 11.9. The first-order valence-electron chi connectivity index (χ1n) is 6.12. The van der Waals surface area contributed by atoms with Gasteiger partial charge in [-0.3, -0.25) is 0 Å². The molecule has 2 rings (SSSR count). The zero-order chi connectivity index (χ0) is 11.8. The van der Waals surface area contributed by atoms with Crippen molar-refractivity contribution in [2.75, 3.05) is 12.3 Å². The van der Waals surface area contributed by atoms with Gasteiger partial charge in [0.2, 0.25) is 10.0 Å². The number of nitrogens with one attached hydrogen (secondary N) is 2. The highest BCUT2D eigenvalue weighted by atomic mass is 32.2. The lowest BCUT2D eigenvalue weighted by Crippen LogP contribution is -2.43. The monoisotopic (exact) mass is 246 g/mol. The molecule has 2 atom stereocenters. The average molecular weight is 246 g/mol. The van der Waals surface area contributed by atoms with Crippen molar-refractivity contribution in [1.29, 1.82) is 0 Å². The van der Waals surface area contributed by atoms with Gasteiger partial charge < -0.3 is 5.32 Å². The molecule has 16 heavy (non-hydrogen) atoms. The lowest BCUT2D eigenvalue weighted by atomic mass is 10.1. The molecule has 1 saturated carbocycles. The third-order valence-electron chi connectivity index (χ3n) is 3.67. The lowest BCUT2D eigenvalue weighted by Gasteiger charge is -2.23. The van der Waals surface area contributed by atoms with Crippen LogP contribution in [0.1, 0.15) is 39.5 Å². The van der Waals surface area contributed by atoms with Crippen LogP contribution in [-0.4, -0.2) is 32.8 Å². The molecular weight excluding hydrogens is 224 g/mol. The highest BCUT2D eigenvalue weighted by Gasteiger charge is 2.47. The Hall–Kier alpha value is -0.130. The summed E-state index contributed by atoms with van der Waals surface area (Å²) >= 11 is 0. The molecule has 5 heteroatoms.